The second-order valence-corrected chi connectivity index (χ2v) is 5.48. The molecule has 1 heterocycles. The van der Waals surface area contributed by atoms with Crippen molar-refractivity contribution in [2.45, 2.75) is 32.1 Å². The standard InChI is InChI=1S/C14H19N3O3/c1-16(8-4-7-15)12(18)9-17-13(19)10-5-2-3-6-11(10)14(17)20/h10-11H,2-6,8-9H2,1H3. The fourth-order valence-electron chi connectivity index (χ4n) is 2.99. The number of fused-ring (bicyclic) bond motifs is 1. The van der Waals surface area contributed by atoms with E-state index in [4.69, 9.17) is 5.26 Å². The maximum absolute atomic E-state index is 12.2. The van der Waals surface area contributed by atoms with Crippen molar-refractivity contribution < 1.29 is 14.4 Å². The minimum atomic E-state index is -0.291. The maximum atomic E-state index is 12.2. The van der Waals surface area contributed by atoms with E-state index >= 15 is 0 Å². The van der Waals surface area contributed by atoms with Gasteiger partial charge in [-0.1, -0.05) is 12.8 Å². The van der Waals surface area contributed by atoms with Crippen molar-refractivity contribution in [2.24, 2.45) is 11.8 Å². The number of carbonyl (C=O) groups excluding carboxylic acids is 3. The molecule has 6 heteroatoms. The molecule has 1 saturated carbocycles. The molecule has 20 heavy (non-hydrogen) atoms. The summed E-state index contributed by atoms with van der Waals surface area (Å²) < 4.78 is 0. The van der Waals surface area contributed by atoms with Gasteiger partial charge >= 0.3 is 0 Å². The molecule has 0 spiro atoms. The molecule has 108 valence electrons. The van der Waals surface area contributed by atoms with Gasteiger partial charge in [-0.05, 0) is 12.8 Å². The number of carbonyl (C=O) groups is 3. The van der Waals surface area contributed by atoms with Crippen LogP contribution in [-0.4, -0.2) is 47.7 Å². The van der Waals surface area contributed by atoms with Gasteiger partial charge in [0, 0.05) is 13.6 Å². The van der Waals surface area contributed by atoms with Crippen molar-refractivity contribution in [1.29, 1.82) is 5.26 Å². The molecule has 0 aromatic carbocycles. The Hall–Kier alpha value is -1.90. The summed E-state index contributed by atoms with van der Waals surface area (Å²) in [4.78, 5) is 38.9. The van der Waals surface area contributed by atoms with Crippen LogP contribution in [0.1, 0.15) is 32.1 Å². The predicted octanol–water partition coefficient (Wildman–Crippen LogP) is 0.534. The van der Waals surface area contributed by atoms with E-state index in [1.165, 1.54) is 4.90 Å². The first-order valence-electron chi connectivity index (χ1n) is 7.02. The monoisotopic (exact) mass is 277 g/mol. The normalized spacial score (nSPS) is 25.3. The molecule has 0 N–H and O–H groups in total. The third-order valence-corrected chi connectivity index (χ3v) is 4.21. The molecular formula is C14H19N3O3. The van der Waals surface area contributed by atoms with E-state index in [0.29, 0.717) is 6.54 Å². The van der Waals surface area contributed by atoms with Gasteiger partial charge in [-0.25, -0.2) is 0 Å². The number of likely N-dealkylation sites (tertiary alicyclic amines) is 1. The van der Waals surface area contributed by atoms with Crippen molar-refractivity contribution in [1.82, 2.24) is 9.80 Å². The van der Waals surface area contributed by atoms with Crippen molar-refractivity contribution in [3.63, 3.8) is 0 Å². The van der Waals surface area contributed by atoms with Crippen LogP contribution in [0.5, 0.6) is 0 Å². The topological polar surface area (TPSA) is 81.5 Å². The minimum absolute atomic E-state index is 0.188. The summed E-state index contributed by atoms with van der Waals surface area (Å²) in [5.41, 5.74) is 0. The molecule has 1 saturated heterocycles. The zero-order valence-electron chi connectivity index (χ0n) is 11.7. The molecule has 2 aliphatic rings. The van der Waals surface area contributed by atoms with Crippen LogP contribution < -0.4 is 0 Å². The van der Waals surface area contributed by atoms with Gasteiger partial charge < -0.3 is 4.90 Å². The Morgan fingerprint density at radius 3 is 2.35 bits per heavy atom. The summed E-state index contributed by atoms with van der Waals surface area (Å²) in [7, 11) is 1.58. The number of imide groups is 1. The molecule has 1 aliphatic carbocycles. The second-order valence-electron chi connectivity index (χ2n) is 5.48. The van der Waals surface area contributed by atoms with Gasteiger partial charge in [0.05, 0.1) is 24.3 Å². The molecule has 0 radical (unpaired) electrons. The molecule has 0 aromatic heterocycles. The summed E-state index contributed by atoms with van der Waals surface area (Å²) in [6, 6.07) is 1.96. The van der Waals surface area contributed by atoms with Crippen molar-refractivity contribution >= 4 is 17.7 Å². The van der Waals surface area contributed by atoms with E-state index < -0.39 is 0 Å². The van der Waals surface area contributed by atoms with Gasteiger partial charge in [0.2, 0.25) is 17.7 Å². The van der Waals surface area contributed by atoms with E-state index in [2.05, 4.69) is 0 Å². The largest absolute Gasteiger partial charge is 0.343 e. The number of hydrogen-bond acceptors (Lipinski definition) is 4. The summed E-state index contributed by atoms with van der Waals surface area (Å²) in [5, 5.41) is 8.50. The fraction of sp³-hybridized carbons (Fsp3) is 0.714. The maximum Gasteiger partial charge on any atom is 0.242 e. The lowest BCUT2D eigenvalue weighted by atomic mass is 9.81. The zero-order chi connectivity index (χ0) is 14.7. The first kappa shape index (κ1) is 14.5. The Labute approximate surface area is 118 Å². The third-order valence-electron chi connectivity index (χ3n) is 4.21. The smallest absolute Gasteiger partial charge is 0.242 e. The summed E-state index contributed by atoms with van der Waals surface area (Å²) in [6.45, 7) is 0.130. The number of nitrogens with zero attached hydrogens (tertiary/aromatic N) is 3. The Morgan fingerprint density at radius 1 is 1.30 bits per heavy atom. The van der Waals surface area contributed by atoms with E-state index in [9.17, 15) is 14.4 Å². The molecule has 2 fully saturated rings. The first-order chi connectivity index (χ1) is 9.56. The highest BCUT2D eigenvalue weighted by atomic mass is 16.2. The first-order valence-corrected chi connectivity index (χ1v) is 7.02. The van der Waals surface area contributed by atoms with Crippen molar-refractivity contribution in [3.05, 3.63) is 0 Å². The minimum Gasteiger partial charge on any atom is -0.343 e. The Morgan fingerprint density at radius 2 is 1.85 bits per heavy atom. The van der Waals surface area contributed by atoms with Gasteiger partial charge in [0.1, 0.15) is 6.54 Å². The number of rotatable bonds is 4. The van der Waals surface area contributed by atoms with Crippen LogP contribution in [0, 0.1) is 23.2 Å². The highest BCUT2D eigenvalue weighted by molar-refractivity contribution is 6.07. The number of likely N-dealkylation sites (N-methyl/N-ethyl adjacent to an activating group) is 1. The number of hydrogen-bond donors (Lipinski definition) is 0. The quantitative estimate of drug-likeness (QED) is 0.702. The molecule has 1 aliphatic heterocycles. The lowest BCUT2D eigenvalue weighted by Crippen LogP contribution is -2.42. The molecule has 6 nitrogen and oxygen atoms in total. The van der Waals surface area contributed by atoms with Gasteiger partial charge in [0.25, 0.3) is 0 Å². The van der Waals surface area contributed by atoms with Gasteiger partial charge in [-0.15, -0.1) is 0 Å². The van der Waals surface area contributed by atoms with Crippen LogP contribution in [0.15, 0.2) is 0 Å². The Kier molecular flexibility index (Phi) is 4.38. The average Bonchev–Trinajstić information content (AvgIpc) is 2.70. The summed E-state index contributed by atoms with van der Waals surface area (Å²) in [5.74, 6) is -1.11. The summed E-state index contributed by atoms with van der Waals surface area (Å²) >= 11 is 0. The highest BCUT2D eigenvalue weighted by Gasteiger charge is 2.48. The molecule has 3 amide bonds. The van der Waals surface area contributed by atoms with E-state index in [0.717, 1.165) is 30.6 Å². The van der Waals surface area contributed by atoms with Crippen LogP contribution >= 0.6 is 0 Å². The second kappa shape index (κ2) is 6.04. The number of nitriles is 1. The molecule has 0 bridgehead atoms. The third kappa shape index (κ3) is 2.67. The Balaban J connectivity index is 1.99. The van der Waals surface area contributed by atoms with Crippen LogP contribution in [0.3, 0.4) is 0 Å². The highest BCUT2D eigenvalue weighted by Crippen LogP contribution is 2.37. The molecular weight excluding hydrogens is 258 g/mol. The van der Waals surface area contributed by atoms with Crippen molar-refractivity contribution in [3.8, 4) is 6.07 Å². The van der Waals surface area contributed by atoms with Gasteiger partial charge in [-0.2, -0.15) is 5.26 Å². The van der Waals surface area contributed by atoms with Gasteiger partial charge in [-0.3, -0.25) is 19.3 Å². The SMILES string of the molecule is CN(CCC#N)C(=O)CN1C(=O)C2CCCCC2C1=O. The molecule has 2 rings (SSSR count). The van der Waals surface area contributed by atoms with Crippen molar-refractivity contribution in [2.75, 3.05) is 20.1 Å². The predicted molar refractivity (Wildman–Crippen MR) is 70.0 cm³/mol. The Bertz CT molecular complexity index is 445. The average molecular weight is 277 g/mol. The fourth-order valence-corrected chi connectivity index (χ4v) is 2.99. The molecule has 2 atom stereocenters. The zero-order valence-corrected chi connectivity index (χ0v) is 11.7. The number of amides is 3. The van der Waals surface area contributed by atoms with Crippen LogP contribution in [0.4, 0.5) is 0 Å². The lowest BCUT2D eigenvalue weighted by Gasteiger charge is -2.20. The van der Waals surface area contributed by atoms with Crippen LogP contribution in [0.25, 0.3) is 0 Å². The molecule has 0 aromatic rings. The summed E-state index contributed by atoms with van der Waals surface area (Å²) in [6.07, 6.45) is 3.71. The lowest BCUT2D eigenvalue weighted by molar-refractivity contribution is -0.146. The van der Waals surface area contributed by atoms with E-state index in [1.54, 1.807) is 7.05 Å². The molecule has 2 unspecified atom stereocenters. The van der Waals surface area contributed by atoms with Crippen LogP contribution in [0.2, 0.25) is 0 Å². The van der Waals surface area contributed by atoms with E-state index in [1.807, 2.05) is 6.07 Å². The van der Waals surface area contributed by atoms with E-state index in [-0.39, 0.29) is 42.5 Å². The van der Waals surface area contributed by atoms with Crippen LogP contribution in [-0.2, 0) is 14.4 Å². The van der Waals surface area contributed by atoms with Gasteiger partial charge in [0.15, 0.2) is 0 Å².